The third-order valence-electron chi connectivity index (χ3n) is 4.40. The fourth-order valence-electron chi connectivity index (χ4n) is 2.95. The Morgan fingerprint density at radius 1 is 1.19 bits per heavy atom. The van der Waals surface area contributed by atoms with Crippen molar-refractivity contribution >= 4 is 38.9 Å². The van der Waals surface area contributed by atoms with E-state index in [0.29, 0.717) is 22.8 Å². The number of amides is 1. The molecule has 7 heteroatoms. The number of rotatable bonds is 7. The van der Waals surface area contributed by atoms with E-state index in [1.807, 2.05) is 38.1 Å². The number of benzene rings is 2. The van der Waals surface area contributed by atoms with Crippen LogP contribution in [-0.2, 0) is 21.2 Å². The molecular weight excluding hydrogens is 384 g/mol. The fourth-order valence-corrected chi connectivity index (χ4v) is 4.32. The second-order valence-electron chi connectivity index (χ2n) is 6.42. The van der Waals surface area contributed by atoms with Crippen molar-refractivity contribution < 1.29 is 13.2 Å². The first-order chi connectivity index (χ1) is 12.7. The zero-order chi connectivity index (χ0) is 20.2. The molecule has 0 spiro atoms. The predicted molar refractivity (Wildman–Crippen MR) is 112 cm³/mol. The number of hydrogen-bond donors (Lipinski definition) is 1. The molecule has 0 aromatic heterocycles. The minimum absolute atomic E-state index is 0.318. The van der Waals surface area contributed by atoms with Gasteiger partial charge >= 0.3 is 0 Å². The van der Waals surface area contributed by atoms with Gasteiger partial charge in [0.1, 0.15) is 6.04 Å². The minimum Gasteiger partial charge on any atom is -0.324 e. The minimum atomic E-state index is -3.70. The van der Waals surface area contributed by atoms with Gasteiger partial charge in [-0.2, -0.15) is 0 Å². The first kappa shape index (κ1) is 21.3. The van der Waals surface area contributed by atoms with Gasteiger partial charge in [-0.1, -0.05) is 49.7 Å². The molecule has 2 rings (SSSR count). The zero-order valence-corrected chi connectivity index (χ0v) is 17.6. The summed E-state index contributed by atoms with van der Waals surface area (Å²) in [6.45, 7) is 5.62. The van der Waals surface area contributed by atoms with Crippen molar-refractivity contribution in [1.29, 1.82) is 0 Å². The lowest BCUT2D eigenvalue weighted by atomic mass is 10.1. The van der Waals surface area contributed by atoms with Crippen molar-refractivity contribution in [3.05, 3.63) is 58.6 Å². The summed E-state index contributed by atoms with van der Waals surface area (Å²) < 4.78 is 26.2. The second kappa shape index (κ2) is 8.76. The SMILES string of the molecule is CCc1ccccc1NC(=O)[C@@H](CC)N(c1ccc(C)c(Cl)c1)S(C)(=O)=O. The Morgan fingerprint density at radius 2 is 1.85 bits per heavy atom. The quantitative estimate of drug-likeness (QED) is 0.738. The van der Waals surface area contributed by atoms with E-state index in [4.69, 9.17) is 11.6 Å². The van der Waals surface area contributed by atoms with E-state index in [9.17, 15) is 13.2 Å². The highest BCUT2D eigenvalue weighted by molar-refractivity contribution is 7.92. The van der Waals surface area contributed by atoms with Crippen LogP contribution in [0.4, 0.5) is 11.4 Å². The standard InChI is InChI=1S/C20H25ClN2O3S/c1-5-15-9-7-8-10-18(15)22-20(24)19(6-2)23(27(4,25)26)16-12-11-14(3)17(21)13-16/h7-13,19H,5-6H2,1-4H3,(H,22,24)/t19-/m1/s1. The molecule has 0 aliphatic heterocycles. The number of carbonyl (C=O) groups excluding carboxylic acids is 1. The first-order valence-electron chi connectivity index (χ1n) is 8.83. The number of halogens is 1. The van der Waals surface area contributed by atoms with Gasteiger partial charge in [-0.05, 0) is 49.1 Å². The molecule has 0 bridgehead atoms. The highest BCUT2D eigenvalue weighted by atomic mass is 35.5. The van der Waals surface area contributed by atoms with Gasteiger partial charge in [0.25, 0.3) is 0 Å². The molecule has 0 saturated heterocycles. The molecule has 1 atom stereocenters. The van der Waals surface area contributed by atoms with Crippen molar-refractivity contribution in [3.8, 4) is 0 Å². The van der Waals surface area contributed by atoms with Gasteiger partial charge < -0.3 is 5.32 Å². The van der Waals surface area contributed by atoms with Gasteiger partial charge in [0.2, 0.25) is 15.9 Å². The number of carbonyl (C=O) groups is 1. The van der Waals surface area contributed by atoms with E-state index in [2.05, 4.69) is 5.32 Å². The number of sulfonamides is 1. The maximum Gasteiger partial charge on any atom is 0.248 e. The lowest BCUT2D eigenvalue weighted by Gasteiger charge is -2.30. The molecular formula is C20H25ClN2O3S. The number of anilines is 2. The lowest BCUT2D eigenvalue weighted by Crippen LogP contribution is -2.47. The van der Waals surface area contributed by atoms with E-state index < -0.39 is 16.1 Å². The van der Waals surface area contributed by atoms with E-state index in [0.717, 1.165) is 28.1 Å². The van der Waals surface area contributed by atoms with Crippen LogP contribution in [0.2, 0.25) is 5.02 Å². The summed E-state index contributed by atoms with van der Waals surface area (Å²) in [6.07, 6.45) is 2.17. The molecule has 0 aliphatic rings. The summed E-state index contributed by atoms with van der Waals surface area (Å²) in [4.78, 5) is 13.0. The van der Waals surface area contributed by atoms with Crippen LogP contribution in [0.25, 0.3) is 0 Å². The molecule has 0 heterocycles. The van der Waals surface area contributed by atoms with E-state index in [1.54, 1.807) is 25.1 Å². The molecule has 2 aromatic rings. The van der Waals surface area contributed by atoms with Crippen LogP contribution < -0.4 is 9.62 Å². The average Bonchev–Trinajstić information content (AvgIpc) is 2.61. The third-order valence-corrected chi connectivity index (χ3v) is 5.98. The highest BCUT2D eigenvalue weighted by Gasteiger charge is 2.32. The molecule has 1 N–H and O–H groups in total. The predicted octanol–water partition coefficient (Wildman–Crippen LogP) is 4.39. The molecule has 0 unspecified atom stereocenters. The third kappa shape index (κ3) is 5.02. The Hall–Kier alpha value is -2.05. The summed E-state index contributed by atoms with van der Waals surface area (Å²) >= 11 is 6.18. The Balaban J connectivity index is 2.43. The number of aryl methyl sites for hydroxylation is 2. The van der Waals surface area contributed by atoms with Crippen molar-refractivity contribution in [1.82, 2.24) is 0 Å². The lowest BCUT2D eigenvalue weighted by molar-refractivity contribution is -0.117. The van der Waals surface area contributed by atoms with Gasteiger partial charge in [0.15, 0.2) is 0 Å². The number of para-hydroxylation sites is 1. The zero-order valence-electron chi connectivity index (χ0n) is 16.0. The average molecular weight is 409 g/mol. The molecule has 0 saturated carbocycles. The van der Waals surface area contributed by atoms with E-state index in [-0.39, 0.29) is 5.91 Å². The topological polar surface area (TPSA) is 66.5 Å². The van der Waals surface area contributed by atoms with Gasteiger partial charge in [-0.25, -0.2) is 8.42 Å². The molecule has 5 nitrogen and oxygen atoms in total. The summed E-state index contributed by atoms with van der Waals surface area (Å²) in [6, 6.07) is 11.6. The number of hydrogen-bond acceptors (Lipinski definition) is 3. The largest absolute Gasteiger partial charge is 0.324 e. The molecule has 0 aliphatic carbocycles. The molecule has 1 amide bonds. The van der Waals surface area contributed by atoms with Crippen molar-refractivity contribution in [2.24, 2.45) is 0 Å². The normalized spacial score (nSPS) is 12.5. The van der Waals surface area contributed by atoms with Crippen LogP contribution in [0, 0.1) is 6.92 Å². The monoisotopic (exact) mass is 408 g/mol. The van der Waals surface area contributed by atoms with Crippen LogP contribution in [0.1, 0.15) is 31.4 Å². The molecule has 146 valence electrons. The first-order valence-corrected chi connectivity index (χ1v) is 11.1. The van der Waals surface area contributed by atoms with Crippen LogP contribution in [0.15, 0.2) is 42.5 Å². The summed E-state index contributed by atoms with van der Waals surface area (Å²) in [5.74, 6) is -0.375. The van der Waals surface area contributed by atoms with Gasteiger partial charge in [0.05, 0.1) is 11.9 Å². The summed E-state index contributed by atoms with van der Waals surface area (Å²) in [5, 5.41) is 3.33. The van der Waals surface area contributed by atoms with Crippen LogP contribution in [-0.4, -0.2) is 26.6 Å². The van der Waals surface area contributed by atoms with E-state index >= 15 is 0 Å². The Morgan fingerprint density at radius 3 is 2.41 bits per heavy atom. The van der Waals surface area contributed by atoms with Gasteiger partial charge in [-0.15, -0.1) is 0 Å². The Bertz CT molecular complexity index is 929. The molecule has 2 aromatic carbocycles. The van der Waals surface area contributed by atoms with Gasteiger partial charge in [0, 0.05) is 10.7 Å². The smallest absolute Gasteiger partial charge is 0.248 e. The van der Waals surface area contributed by atoms with Gasteiger partial charge in [-0.3, -0.25) is 9.10 Å². The second-order valence-corrected chi connectivity index (χ2v) is 8.68. The van der Waals surface area contributed by atoms with E-state index in [1.165, 1.54) is 0 Å². The maximum atomic E-state index is 13.0. The molecule has 27 heavy (non-hydrogen) atoms. The highest BCUT2D eigenvalue weighted by Crippen LogP contribution is 2.28. The van der Waals surface area contributed by atoms with Crippen molar-refractivity contribution in [2.75, 3.05) is 15.9 Å². The van der Waals surface area contributed by atoms with Crippen LogP contribution in [0.5, 0.6) is 0 Å². The summed E-state index contributed by atoms with van der Waals surface area (Å²) in [5.41, 5.74) is 2.89. The molecule has 0 radical (unpaired) electrons. The van der Waals surface area contributed by atoms with Crippen molar-refractivity contribution in [3.63, 3.8) is 0 Å². The Kier molecular flexibility index (Phi) is 6.89. The number of nitrogens with zero attached hydrogens (tertiary/aromatic N) is 1. The molecule has 0 fully saturated rings. The fraction of sp³-hybridized carbons (Fsp3) is 0.350. The maximum absolute atomic E-state index is 13.0. The van der Waals surface area contributed by atoms with Crippen LogP contribution in [0.3, 0.4) is 0 Å². The van der Waals surface area contributed by atoms with Crippen molar-refractivity contribution in [2.45, 2.75) is 39.7 Å². The van der Waals surface area contributed by atoms with Crippen LogP contribution >= 0.6 is 11.6 Å². The number of nitrogens with one attached hydrogen (secondary N) is 1. The summed E-state index contributed by atoms with van der Waals surface area (Å²) in [7, 11) is -3.70. The Labute approximate surface area is 166 Å².